The van der Waals surface area contributed by atoms with E-state index in [2.05, 4.69) is 5.73 Å². The molecule has 5 nitrogen and oxygen atoms in total. The van der Waals surface area contributed by atoms with Crippen LogP contribution in [0.2, 0.25) is 30.1 Å². The minimum absolute atomic E-state index is 0.278. The maximum atomic E-state index is 9.24. The molecule has 0 bridgehead atoms. The molecule has 2 aromatic rings. The summed E-state index contributed by atoms with van der Waals surface area (Å²) in [7, 11) is 0. The Morgan fingerprint density at radius 1 is 0.821 bits per heavy atom. The Hall–Kier alpha value is -1.05. The van der Waals surface area contributed by atoms with Crippen LogP contribution in [0, 0.1) is 0 Å². The number of halogens is 6. The zero-order chi connectivity index (χ0) is 21.0. The molecule has 1 aliphatic heterocycles. The summed E-state index contributed by atoms with van der Waals surface area (Å²) in [6.07, 6.45) is 3.67. The first-order valence-corrected chi connectivity index (χ1v) is 9.83. The number of benzene rings is 2. The van der Waals surface area contributed by atoms with E-state index in [0.717, 1.165) is 0 Å². The molecular formula is C17H13Cl6N3O2. The van der Waals surface area contributed by atoms with E-state index >= 15 is 0 Å². The minimum Gasteiger partial charge on any atom is -0.480 e. The van der Waals surface area contributed by atoms with Crippen molar-refractivity contribution in [2.75, 3.05) is 23.0 Å². The van der Waals surface area contributed by atoms with Crippen LogP contribution in [0.1, 0.15) is 0 Å². The number of carbonyl (C=O) groups is 1. The molecule has 0 saturated heterocycles. The largest absolute Gasteiger partial charge is 0.480 e. The zero-order valence-electron chi connectivity index (χ0n) is 14.0. The van der Waals surface area contributed by atoms with Gasteiger partial charge in [0.2, 0.25) is 0 Å². The van der Waals surface area contributed by atoms with Gasteiger partial charge in [-0.1, -0.05) is 69.6 Å². The average Bonchev–Trinajstić information content (AvgIpc) is 3.02. The van der Waals surface area contributed by atoms with E-state index in [0.29, 0.717) is 48.2 Å². The molecule has 28 heavy (non-hydrogen) atoms. The van der Waals surface area contributed by atoms with E-state index in [1.54, 1.807) is 24.3 Å². The van der Waals surface area contributed by atoms with E-state index in [4.69, 9.17) is 74.7 Å². The summed E-state index contributed by atoms with van der Waals surface area (Å²) < 4.78 is 0. The van der Waals surface area contributed by atoms with Crippen LogP contribution >= 0.6 is 69.6 Å². The van der Waals surface area contributed by atoms with E-state index < -0.39 is 5.97 Å². The van der Waals surface area contributed by atoms with Crippen LogP contribution in [-0.4, -0.2) is 24.3 Å². The van der Waals surface area contributed by atoms with Crippen molar-refractivity contribution in [3.05, 3.63) is 66.8 Å². The van der Waals surface area contributed by atoms with E-state index in [1.807, 2.05) is 22.2 Å². The average molecular weight is 504 g/mol. The van der Waals surface area contributed by atoms with Crippen molar-refractivity contribution in [1.29, 1.82) is 0 Å². The lowest BCUT2D eigenvalue weighted by atomic mass is 10.3. The molecule has 3 rings (SSSR count). The summed E-state index contributed by atoms with van der Waals surface area (Å²) in [4.78, 5) is 13.0. The Balaban J connectivity index is 0.000000500. The van der Waals surface area contributed by atoms with Gasteiger partial charge in [-0.15, -0.1) is 0 Å². The molecule has 3 N–H and O–H groups in total. The Morgan fingerprint density at radius 2 is 1.11 bits per heavy atom. The van der Waals surface area contributed by atoms with Gasteiger partial charge >= 0.3 is 5.97 Å². The third-order valence-corrected chi connectivity index (χ3v) is 5.03. The lowest BCUT2D eigenvalue weighted by Gasteiger charge is -2.24. The van der Waals surface area contributed by atoms with Crippen molar-refractivity contribution in [2.24, 2.45) is 5.73 Å². The maximum absolute atomic E-state index is 9.24. The van der Waals surface area contributed by atoms with Gasteiger partial charge in [-0.25, -0.2) is 0 Å². The maximum Gasteiger partial charge on any atom is 0.317 e. The fourth-order valence-electron chi connectivity index (χ4n) is 2.33. The summed E-state index contributed by atoms with van der Waals surface area (Å²) in [6, 6.07) is 6.57. The second-order valence-electron chi connectivity index (χ2n) is 5.41. The molecule has 0 atom stereocenters. The summed E-state index contributed by atoms with van der Waals surface area (Å²) in [5.74, 6) is -0.968. The molecule has 150 valence electrons. The first-order chi connectivity index (χ1) is 13.1. The van der Waals surface area contributed by atoms with Crippen molar-refractivity contribution >= 4 is 86.9 Å². The third-order valence-electron chi connectivity index (χ3n) is 3.44. The van der Waals surface area contributed by atoms with Gasteiger partial charge in [0.15, 0.2) is 0 Å². The SMILES string of the molecule is Clc1cc(Cl)c(N2C=CN(c3c(Cl)cc(Cl)cc3Cl)C2)c(Cl)c1.NCC(=O)O. The summed E-state index contributed by atoms with van der Waals surface area (Å²) in [5, 5.41) is 10.4. The number of hydrogen-bond donors (Lipinski definition) is 2. The van der Waals surface area contributed by atoms with Crippen molar-refractivity contribution in [3.63, 3.8) is 0 Å². The highest BCUT2D eigenvalue weighted by Gasteiger charge is 2.23. The lowest BCUT2D eigenvalue weighted by Crippen LogP contribution is -2.25. The Labute approximate surface area is 191 Å². The van der Waals surface area contributed by atoms with Gasteiger partial charge in [0.05, 0.1) is 44.7 Å². The van der Waals surface area contributed by atoms with Crippen LogP contribution in [-0.2, 0) is 4.79 Å². The summed E-state index contributed by atoms with van der Waals surface area (Å²) >= 11 is 36.9. The van der Waals surface area contributed by atoms with Crippen LogP contribution in [0.25, 0.3) is 0 Å². The Bertz CT molecular complexity index is 810. The first-order valence-electron chi connectivity index (χ1n) is 7.56. The molecule has 0 aromatic heterocycles. The summed E-state index contributed by atoms with van der Waals surface area (Å²) in [5.41, 5.74) is 5.90. The van der Waals surface area contributed by atoms with Gasteiger partial charge in [-0.3, -0.25) is 4.79 Å². The number of carboxylic acid groups (broad SMARTS) is 1. The standard InChI is InChI=1S/C15H8Cl6N2.C2H5NO2/c16-8-3-10(18)14(11(19)4-8)22-1-2-23(7-22)15-12(20)5-9(17)6-13(15)21;3-1-2(4)5/h1-6H,7H2;1,3H2,(H,4,5). The number of nitrogens with two attached hydrogens (primary N) is 1. The molecule has 0 aliphatic carbocycles. The van der Waals surface area contributed by atoms with Gasteiger partial charge in [0.1, 0.15) is 0 Å². The van der Waals surface area contributed by atoms with Crippen LogP contribution < -0.4 is 15.5 Å². The van der Waals surface area contributed by atoms with Gasteiger partial charge in [0.25, 0.3) is 0 Å². The Kier molecular flexibility index (Phi) is 8.40. The topological polar surface area (TPSA) is 69.8 Å². The van der Waals surface area contributed by atoms with E-state index in [1.165, 1.54) is 0 Å². The van der Waals surface area contributed by atoms with E-state index in [9.17, 15) is 4.79 Å². The number of nitrogens with zero attached hydrogens (tertiary/aromatic N) is 2. The van der Waals surface area contributed by atoms with Gasteiger partial charge < -0.3 is 20.6 Å². The number of aliphatic carboxylic acids is 1. The van der Waals surface area contributed by atoms with Crippen molar-refractivity contribution < 1.29 is 9.90 Å². The lowest BCUT2D eigenvalue weighted by molar-refractivity contribution is -0.135. The molecule has 0 radical (unpaired) electrons. The number of hydrogen-bond acceptors (Lipinski definition) is 4. The normalized spacial score (nSPS) is 12.8. The van der Waals surface area contributed by atoms with Crippen molar-refractivity contribution in [3.8, 4) is 0 Å². The van der Waals surface area contributed by atoms with Crippen molar-refractivity contribution in [1.82, 2.24) is 0 Å². The molecule has 0 spiro atoms. The molecular weight excluding hydrogens is 491 g/mol. The predicted octanol–water partition coefficient (Wildman–Crippen LogP) is 6.39. The molecule has 0 fully saturated rings. The highest BCUT2D eigenvalue weighted by Crippen LogP contribution is 2.41. The first kappa shape index (κ1) is 23.2. The second-order valence-corrected chi connectivity index (χ2v) is 7.91. The van der Waals surface area contributed by atoms with Gasteiger partial charge in [-0.05, 0) is 24.3 Å². The fourth-order valence-corrected chi connectivity index (χ4v) is 4.40. The predicted molar refractivity (Wildman–Crippen MR) is 119 cm³/mol. The number of rotatable bonds is 3. The molecule has 2 aromatic carbocycles. The molecule has 1 heterocycles. The minimum atomic E-state index is -0.968. The highest BCUT2D eigenvalue weighted by molar-refractivity contribution is 6.42. The monoisotopic (exact) mass is 501 g/mol. The molecule has 0 amide bonds. The van der Waals surface area contributed by atoms with Gasteiger partial charge in [0, 0.05) is 22.4 Å². The Morgan fingerprint density at radius 3 is 1.36 bits per heavy atom. The smallest absolute Gasteiger partial charge is 0.317 e. The van der Waals surface area contributed by atoms with Crippen LogP contribution in [0.4, 0.5) is 11.4 Å². The quantitative estimate of drug-likeness (QED) is 0.507. The molecule has 0 unspecified atom stereocenters. The third kappa shape index (κ3) is 5.74. The van der Waals surface area contributed by atoms with Crippen LogP contribution in [0.5, 0.6) is 0 Å². The molecule has 0 saturated carbocycles. The van der Waals surface area contributed by atoms with Crippen LogP contribution in [0.15, 0.2) is 36.7 Å². The zero-order valence-corrected chi connectivity index (χ0v) is 18.5. The molecule has 11 heteroatoms. The van der Waals surface area contributed by atoms with Crippen molar-refractivity contribution in [2.45, 2.75) is 0 Å². The fraction of sp³-hybridized carbons (Fsp3) is 0.118. The van der Waals surface area contributed by atoms with Crippen LogP contribution in [0.3, 0.4) is 0 Å². The number of carboxylic acids is 1. The molecule has 1 aliphatic rings. The van der Waals surface area contributed by atoms with Gasteiger partial charge in [-0.2, -0.15) is 0 Å². The second kappa shape index (κ2) is 10.1. The number of anilines is 2. The summed E-state index contributed by atoms with van der Waals surface area (Å²) in [6.45, 7) is 0.169. The highest BCUT2D eigenvalue weighted by atomic mass is 35.5. The van der Waals surface area contributed by atoms with E-state index in [-0.39, 0.29) is 6.54 Å².